The van der Waals surface area contributed by atoms with Gasteiger partial charge in [0.05, 0.1) is 11.4 Å². The molecule has 1 saturated carbocycles. The van der Waals surface area contributed by atoms with Crippen LogP contribution in [0, 0.1) is 11.7 Å². The first-order chi connectivity index (χ1) is 13.5. The maximum Gasteiger partial charge on any atom is 0.314 e. The van der Waals surface area contributed by atoms with Gasteiger partial charge in [0.1, 0.15) is 11.6 Å². The van der Waals surface area contributed by atoms with Gasteiger partial charge in [0.15, 0.2) is 0 Å². The Balaban J connectivity index is 1.54. The van der Waals surface area contributed by atoms with Crippen LogP contribution in [-0.2, 0) is 21.1 Å². The zero-order chi connectivity index (χ0) is 19.7. The molecule has 0 radical (unpaired) electrons. The van der Waals surface area contributed by atoms with Crippen molar-refractivity contribution in [2.75, 3.05) is 5.32 Å². The zero-order valence-corrected chi connectivity index (χ0v) is 16.5. The van der Waals surface area contributed by atoms with Gasteiger partial charge in [-0.3, -0.25) is 9.59 Å². The number of halogens is 1. The normalized spacial score (nSPS) is 21.2. The van der Waals surface area contributed by atoms with Gasteiger partial charge in [-0.25, -0.2) is 9.07 Å². The summed E-state index contributed by atoms with van der Waals surface area (Å²) in [5, 5.41) is 10.2. The van der Waals surface area contributed by atoms with Crippen LogP contribution < -0.4 is 10.6 Å². The van der Waals surface area contributed by atoms with Gasteiger partial charge in [-0.15, -0.1) is 0 Å². The second-order valence-corrected chi connectivity index (χ2v) is 8.44. The molecule has 28 heavy (non-hydrogen) atoms. The van der Waals surface area contributed by atoms with Gasteiger partial charge < -0.3 is 10.6 Å². The van der Waals surface area contributed by atoms with Crippen LogP contribution in [-0.4, -0.2) is 27.6 Å². The van der Waals surface area contributed by atoms with E-state index in [2.05, 4.69) is 22.7 Å². The van der Waals surface area contributed by atoms with E-state index in [4.69, 9.17) is 0 Å². The van der Waals surface area contributed by atoms with Gasteiger partial charge in [-0.2, -0.15) is 16.9 Å². The molecule has 4 rings (SSSR count). The number of amides is 2. The minimum atomic E-state index is -0.694. The molecule has 0 bridgehead atoms. The lowest BCUT2D eigenvalue weighted by Crippen LogP contribution is -2.46. The third kappa shape index (κ3) is 3.78. The van der Waals surface area contributed by atoms with Crippen LogP contribution in [0.2, 0.25) is 0 Å². The third-order valence-electron chi connectivity index (χ3n) is 5.49. The van der Waals surface area contributed by atoms with Crippen molar-refractivity contribution < 1.29 is 14.0 Å². The van der Waals surface area contributed by atoms with Crippen LogP contribution in [0.4, 0.5) is 10.2 Å². The number of benzene rings is 1. The summed E-state index contributed by atoms with van der Waals surface area (Å²) in [6.45, 7) is 2.11. The topological polar surface area (TPSA) is 76.0 Å². The first-order valence-corrected chi connectivity index (χ1v) is 10.7. The molecule has 1 aliphatic heterocycles. The summed E-state index contributed by atoms with van der Waals surface area (Å²) in [7, 11) is 0. The van der Waals surface area contributed by atoms with E-state index >= 15 is 0 Å². The standard InChI is InChI=1S/C20H23FN4O2S/c1-12-4-2-3-5-16(12)22-19(26)20(27)23-18-15-10-28-11-17(15)24-25(18)14-8-6-13(21)7-9-14/h6-9,12,16H,2-5,10-11H2,1H3,(H,22,26)(H,23,27)/t12-,16-/m0/s1. The van der Waals surface area contributed by atoms with E-state index in [-0.39, 0.29) is 11.9 Å². The second kappa shape index (κ2) is 7.95. The fourth-order valence-electron chi connectivity index (χ4n) is 3.84. The molecule has 1 aliphatic carbocycles. The molecule has 6 nitrogen and oxygen atoms in total. The molecule has 2 aromatic rings. The molecule has 0 unspecified atom stereocenters. The summed E-state index contributed by atoms with van der Waals surface area (Å²) in [6.07, 6.45) is 4.20. The lowest BCUT2D eigenvalue weighted by Gasteiger charge is -2.29. The smallest absolute Gasteiger partial charge is 0.314 e. The zero-order valence-electron chi connectivity index (χ0n) is 15.7. The van der Waals surface area contributed by atoms with E-state index in [0.29, 0.717) is 23.2 Å². The number of carbonyl (C=O) groups is 2. The maximum atomic E-state index is 13.3. The molecular weight excluding hydrogens is 379 g/mol. The molecule has 1 aromatic carbocycles. The Morgan fingerprint density at radius 2 is 1.89 bits per heavy atom. The average Bonchev–Trinajstić information content (AvgIpc) is 3.27. The molecule has 0 spiro atoms. The van der Waals surface area contributed by atoms with Crippen molar-refractivity contribution in [2.45, 2.75) is 50.2 Å². The van der Waals surface area contributed by atoms with E-state index in [0.717, 1.165) is 36.3 Å². The average molecular weight is 402 g/mol. The molecule has 2 atom stereocenters. The minimum Gasteiger partial charge on any atom is -0.345 e. The van der Waals surface area contributed by atoms with E-state index < -0.39 is 11.8 Å². The van der Waals surface area contributed by atoms with E-state index in [1.807, 2.05) is 0 Å². The van der Waals surface area contributed by atoms with E-state index in [1.165, 1.54) is 18.6 Å². The van der Waals surface area contributed by atoms with Gasteiger partial charge in [0.25, 0.3) is 0 Å². The number of thioether (sulfide) groups is 1. The Hall–Kier alpha value is -2.35. The predicted octanol–water partition coefficient (Wildman–Crippen LogP) is 3.39. The van der Waals surface area contributed by atoms with Crippen LogP contribution in [0.15, 0.2) is 24.3 Å². The second-order valence-electron chi connectivity index (χ2n) is 7.45. The van der Waals surface area contributed by atoms with Crippen LogP contribution in [0.3, 0.4) is 0 Å². The molecule has 148 valence electrons. The lowest BCUT2D eigenvalue weighted by atomic mass is 9.86. The van der Waals surface area contributed by atoms with Gasteiger partial charge in [0, 0.05) is 23.1 Å². The van der Waals surface area contributed by atoms with Crippen molar-refractivity contribution in [1.82, 2.24) is 15.1 Å². The maximum absolute atomic E-state index is 13.3. The molecule has 1 aromatic heterocycles. The molecule has 2 N–H and O–H groups in total. The monoisotopic (exact) mass is 402 g/mol. The van der Waals surface area contributed by atoms with Crippen LogP contribution in [0.25, 0.3) is 5.69 Å². The van der Waals surface area contributed by atoms with Crippen LogP contribution in [0.1, 0.15) is 43.9 Å². The van der Waals surface area contributed by atoms with Crippen molar-refractivity contribution in [1.29, 1.82) is 0 Å². The number of fused-ring (bicyclic) bond motifs is 1. The van der Waals surface area contributed by atoms with Gasteiger partial charge >= 0.3 is 11.8 Å². The quantitative estimate of drug-likeness (QED) is 0.772. The number of nitrogens with one attached hydrogen (secondary N) is 2. The van der Waals surface area contributed by atoms with Crippen molar-refractivity contribution in [3.63, 3.8) is 0 Å². The number of nitrogens with zero attached hydrogens (tertiary/aromatic N) is 2. The van der Waals surface area contributed by atoms with E-state index in [1.54, 1.807) is 28.6 Å². The highest BCUT2D eigenvalue weighted by Crippen LogP contribution is 2.36. The number of anilines is 1. The molecule has 2 heterocycles. The molecule has 0 saturated heterocycles. The van der Waals surface area contributed by atoms with Gasteiger partial charge in [0.2, 0.25) is 0 Å². The summed E-state index contributed by atoms with van der Waals surface area (Å²) in [4.78, 5) is 25.1. The highest BCUT2D eigenvalue weighted by atomic mass is 32.2. The Morgan fingerprint density at radius 1 is 1.14 bits per heavy atom. The number of carbonyl (C=O) groups excluding carboxylic acids is 2. The molecule has 2 aliphatic rings. The first kappa shape index (κ1) is 19.0. The summed E-state index contributed by atoms with van der Waals surface area (Å²) in [5.41, 5.74) is 2.44. The van der Waals surface area contributed by atoms with E-state index in [9.17, 15) is 14.0 Å². The number of hydrogen-bond acceptors (Lipinski definition) is 4. The number of rotatable bonds is 3. The Bertz CT molecular complexity index is 896. The SMILES string of the molecule is C[C@H]1CCCC[C@@H]1NC(=O)C(=O)Nc1c2c(nn1-c1ccc(F)cc1)CSC2. The highest BCUT2D eigenvalue weighted by Gasteiger charge is 2.29. The summed E-state index contributed by atoms with van der Waals surface area (Å²) in [6, 6.07) is 5.93. The van der Waals surface area contributed by atoms with Gasteiger partial charge in [-0.1, -0.05) is 19.8 Å². The Labute approximate surface area is 167 Å². The third-order valence-corrected chi connectivity index (χ3v) is 6.46. The largest absolute Gasteiger partial charge is 0.345 e. The summed E-state index contributed by atoms with van der Waals surface area (Å²) in [5.74, 6) is 0.668. The molecule has 8 heteroatoms. The first-order valence-electron chi connectivity index (χ1n) is 9.59. The lowest BCUT2D eigenvalue weighted by molar-refractivity contribution is -0.137. The predicted molar refractivity (Wildman–Crippen MR) is 107 cm³/mol. The number of aromatic nitrogens is 2. The minimum absolute atomic E-state index is 0.0373. The number of hydrogen-bond donors (Lipinski definition) is 2. The van der Waals surface area contributed by atoms with Crippen molar-refractivity contribution in [3.8, 4) is 5.69 Å². The van der Waals surface area contributed by atoms with Crippen LogP contribution in [0.5, 0.6) is 0 Å². The van der Waals surface area contributed by atoms with Crippen LogP contribution >= 0.6 is 11.8 Å². The van der Waals surface area contributed by atoms with Gasteiger partial charge in [-0.05, 0) is 43.0 Å². The summed E-state index contributed by atoms with van der Waals surface area (Å²) >= 11 is 1.71. The highest BCUT2D eigenvalue weighted by molar-refractivity contribution is 7.98. The Morgan fingerprint density at radius 3 is 2.64 bits per heavy atom. The fraction of sp³-hybridized carbons (Fsp3) is 0.450. The molecule has 2 amide bonds. The van der Waals surface area contributed by atoms with Crippen molar-refractivity contribution in [3.05, 3.63) is 41.3 Å². The summed E-state index contributed by atoms with van der Waals surface area (Å²) < 4.78 is 14.9. The molecular formula is C20H23FN4O2S. The van der Waals surface area contributed by atoms with Crippen molar-refractivity contribution >= 4 is 29.4 Å². The van der Waals surface area contributed by atoms with Crippen molar-refractivity contribution in [2.24, 2.45) is 5.92 Å². The fourth-order valence-corrected chi connectivity index (χ4v) is 4.87. The Kier molecular flexibility index (Phi) is 5.39. The molecule has 1 fully saturated rings.